The molecule has 0 bridgehead atoms. The molecule has 1 saturated heterocycles. The van der Waals surface area contributed by atoms with E-state index in [4.69, 9.17) is 10.5 Å². The minimum Gasteiger partial charge on any atom is -0.484 e. The highest BCUT2D eigenvalue weighted by molar-refractivity contribution is 8.16. The molecule has 2 aliphatic rings. The number of amides is 1. The summed E-state index contributed by atoms with van der Waals surface area (Å²) in [4.78, 5) is 11.8. The third-order valence-electron chi connectivity index (χ3n) is 4.11. The number of rotatable bonds is 7. The summed E-state index contributed by atoms with van der Waals surface area (Å²) in [7, 11) is 0. The van der Waals surface area contributed by atoms with Gasteiger partial charge in [0.15, 0.2) is 6.61 Å². The number of nitrogens with two attached hydrogens (primary N) is 1. The van der Waals surface area contributed by atoms with Gasteiger partial charge in [0.2, 0.25) is 0 Å². The molecule has 1 unspecified atom stereocenters. The van der Waals surface area contributed by atoms with E-state index in [0.717, 1.165) is 5.75 Å². The second-order valence-corrected chi connectivity index (χ2v) is 8.81. The van der Waals surface area contributed by atoms with E-state index in [0.29, 0.717) is 17.0 Å². The standard InChI is InChI=1S/C17H24N2O2S2.ClH/c18-15(12-2-3-12)10-19-16(20)11-21-14-6-4-13(5-7-14)17-22-8-1-9-23-17;/h4-7,12,15,17H,1-3,8-11,18H2,(H,19,20);1H. The van der Waals surface area contributed by atoms with Gasteiger partial charge in [-0.05, 0) is 54.4 Å². The van der Waals surface area contributed by atoms with Gasteiger partial charge >= 0.3 is 0 Å². The SMILES string of the molecule is Cl.NC(CNC(=O)COc1ccc(C2SCCCS2)cc1)C1CC1. The lowest BCUT2D eigenvalue weighted by molar-refractivity contribution is -0.123. The topological polar surface area (TPSA) is 64.3 Å². The van der Waals surface area contributed by atoms with Gasteiger partial charge in [0.25, 0.3) is 5.91 Å². The minimum atomic E-state index is -0.108. The molecule has 24 heavy (non-hydrogen) atoms. The zero-order valence-electron chi connectivity index (χ0n) is 13.6. The van der Waals surface area contributed by atoms with Gasteiger partial charge in [-0.1, -0.05) is 12.1 Å². The maximum Gasteiger partial charge on any atom is 0.257 e. The average Bonchev–Trinajstić information content (AvgIpc) is 3.44. The smallest absolute Gasteiger partial charge is 0.257 e. The van der Waals surface area contributed by atoms with Crippen LogP contribution >= 0.6 is 35.9 Å². The van der Waals surface area contributed by atoms with Gasteiger partial charge in [-0.15, -0.1) is 35.9 Å². The fourth-order valence-electron chi connectivity index (χ4n) is 2.52. The molecule has 0 radical (unpaired) electrons. The summed E-state index contributed by atoms with van der Waals surface area (Å²) in [5.74, 6) is 3.70. The summed E-state index contributed by atoms with van der Waals surface area (Å²) in [6.45, 7) is 0.589. The number of ether oxygens (including phenoxy) is 1. The van der Waals surface area contributed by atoms with Crippen molar-refractivity contribution in [1.29, 1.82) is 0 Å². The molecule has 2 fully saturated rings. The van der Waals surface area contributed by atoms with Crippen LogP contribution in [-0.2, 0) is 4.79 Å². The Balaban J connectivity index is 0.00000208. The van der Waals surface area contributed by atoms with Crippen LogP contribution in [0.2, 0.25) is 0 Å². The van der Waals surface area contributed by atoms with Crippen LogP contribution in [0.1, 0.15) is 29.4 Å². The molecular formula is C17H25ClN2O2S2. The fraction of sp³-hybridized carbons (Fsp3) is 0.588. The first-order valence-corrected chi connectivity index (χ1v) is 10.3. The molecule has 7 heteroatoms. The molecule has 1 aliphatic carbocycles. The minimum absolute atomic E-state index is 0. The van der Waals surface area contributed by atoms with Gasteiger partial charge in [0, 0.05) is 12.6 Å². The summed E-state index contributed by atoms with van der Waals surface area (Å²) >= 11 is 4.01. The lowest BCUT2D eigenvalue weighted by Crippen LogP contribution is -2.40. The van der Waals surface area contributed by atoms with Crippen LogP contribution in [0.15, 0.2) is 24.3 Å². The van der Waals surface area contributed by atoms with Crippen molar-refractivity contribution in [2.45, 2.75) is 29.9 Å². The van der Waals surface area contributed by atoms with Crippen LogP contribution in [-0.4, -0.2) is 36.6 Å². The summed E-state index contributed by atoms with van der Waals surface area (Å²) in [5, 5.41) is 2.84. The van der Waals surface area contributed by atoms with Crippen LogP contribution < -0.4 is 15.8 Å². The average molecular weight is 389 g/mol. The Morgan fingerprint density at radius 1 is 1.25 bits per heavy atom. The van der Waals surface area contributed by atoms with Crippen LogP contribution in [0.5, 0.6) is 5.75 Å². The zero-order valence-corrected chi connectivity index (χ0v) is 16.1. The quantitative estimate of drug-likeness (QED) is 0.750. The lowest BCUT2D eigenvalue weighted by atomic mass is 10.2. The third kappa shape index (κ3) is 6.06. The molecule has 3 rings (SSSR count). The van der Waals surface area contributed by atoms with Gasteiger partial charge in [-0.2, -0.15) is 0 Å². The lowest BCUT2D eigenvalue weighted by Gasteiger charge is -2.21. The monoisotopic (exact) mass is 388 g/mol. The van der Waals surface area contributed by atoms with Crippen LogP contribution in [0.4, 0.5) is 0 Å². The highest BCUT2D eigenvalue weighted by atomic mass is 35.5. The molecule has 1 aromatic rings. The number of halogens is 1. The first-order valence-electron chi connectivity index (χ1n) is 8.20. The molecule has 1 atom stereocenters. The molecule has 134 valence electrons. The summed E-state index contributed by atoms with van der Waals surface area (Å²) < 4.78 is 6.08. The van der Waals surface area contributed by atoms with E-state index in [2.05, 4.69) is 17.4 Å². The Labute approximate surface area is 158 Å². The van der Waals surface area contributed by atoms with E-state index in [9.17, 15) is 4.79 Å². The van der Waals surface area contributed by atoms with Crippen LogP contribution in [0.25, 0.3) is 0 Å². The molecule has 1 heterocycles. The van der Waals surface area contributed by atoms with Crippen molar-refractivity contribution >= 4 is 41.8 Å². The first-order chi connectivity index (χ1) is 11.2. The Bertz CT molecular complexity index is 520. The maximum atomic E-state index is 11.8. The molecule has 0 aromatic heterocycles. The number of hydrogen-bond donors (Lipinski definition) is 2. The molecule has 1 aromatic carbocycles. The highest BCUT2D eigenvalue weighted by Crippen LogP contribution is 2.43. The van der Waals surface area contributed by atoms with Crippen molar-refractivity contribution in [3.63, 3.8) is 0 Å². The number of nitrogens with one attached hydrogen (secondary N) is 1. The first kappa shape index (κ1) is 19.8. The van der Waals surface area contributed by atoms with Crippen molar-refractivity contribution in [1.82, 2.24) is 5.32 Å². The van der Waals surface area contributed by atoms with Crippen molar-refractivity contribution in [3.05, 3.63) is 29.8 Å². The van der Waals surface area contributed by atoms with Gasteiger partial charge in [0.1, 0.15) is 5.75 Å². The second-order valence-electron chi connectivity index (χ2n) is 6.09. The largest absolute Gasteiger partial charge is 0.484 e. The van der Waals surface area contributed by atoms with E-state index >= 15 is 0 Å². The van der Waals surface area contributed by atoms with Gasteiger partial charge < -0.3 is 15.8 Å². The highest BCUT2D eigenvalue weighted by Gasteiger charge is 2.28. The summed E-state index contributed by atoms with van der Waals surface area (Å²) in [6, 6.07) is 8.20. The van der Waals surface area contributed by atoms with E-state index in [1.807, 2.05) is 35.7 Å². The molecule has 1 amide bonds. The fourth-order valence-corrected chi connectivity index (χ4v) is 5.42. The number of carbonyl (C=O) groups excluding carboxylic acids is 1. The van der Waals surface area contributed by atoms with E-state index < -0.39 is 0 Å². The number of hydrogen-bond acceptors (Lipinski definition) is 5. The van der Waals surface area contributed by atoms with Crippen molar-refractivity contribution in [3.8, 4) is 5.75 Å². The molecule has 3 N–H and O–H groups in total. The van der Waals surface area contributed by atoms with Gasteiger partial charge in [0.05, 0.1) is 4.58 Å². The van der Waals surface area contributed by atoms with Crippen molar-refractivity contribution < 1.29 is 9.53 Å². The Morgan fingerprint density at radius 2 is 1.92 bits per heavy atom. The van der Waals surface area contributed by atoms with E-state index in [-0.39, 0.29) is 31.0 Å². The Morgan fingerprint density at radius 3 is 2.54 bits per heavy atom. The molecule has 1 saturated carbocycles. The normalized spacial score (nSPS) is 19.2. The predicted octanol–water partition coefficient (Wildman–Crippen LogP) is 3.21. The van der Waals surface area contributed by atoms with Crippen LogP contribution in [0, 0.1) is 5.92 Å². The van der Waals surface area contributed by atoms with Gasteiger partial charge in [-0.25, -0.2) is 0 Å². The van der Waals surface area contributed by atoms with Crippen LogP contribution in [0.3, 0.4) is 0 Å². The Hall–Kier alpha value is -0.560. The number of benzene rings is 1. The zero-order chi connectivity index (χ0) is 16.1. The Kier molecular flexibility index (Phi) is 8.07. The molecule has 0 spiro atoms. The number of carbonyl (C=O) groups is 1. The van der Waals surface area contributed by atoms with E-state index in [1.54, 1.807) is 0 Å². The third-order valence-corrected chi connectivity index (χ3v) is 7.13. The maximum absolute atomic E-state index is 11.8. The van der Waals surface area contributed by atoms with E-state index in [1.165, 1.54) is 36.3 Å². The molecular weight excluding hydrogens is 364 g/mol. The van der Waals surface area contributed by atoms with Gasteiger partial charge in [-0.3, -0.25) is 4.79 Å². The predicted molar refractivity (Wildman–Crippen MR) is 105 cm³/mol. The second kappa shape index (κ2) is 9.80. The summed E-state index contributed by atoms with van der Waals surface area (Å²) in [6.07, 6.45) is 3.68. The molecule has 4 nitrogen and oxygen atoms in total. The van der Waals surface area contributed by atoms with Crippen molar-refractivity contribution in [2.75, 3.05) is 24.7 Å². The number of thioether (sulfide) groups is 2. The van der Waals surface area contributed by atoms with Crippen molar-refractivity contribution in [2.24, 2.45) is 11.7 Å². The molecule has 1 aliphatic heterocycles. The summed E-state index contributed by atoms with van der Waals surface area (Å²) in [5.41, 5.74) is 7.29.